The third-order valence-corrected chi connectivity index (χ3v) is 1.92. The second kappa shape index (κ2) is 2.73. The van der Waals surface area contributed by atoms with E-state index in [2.05, 4.69) is 28.9 Å². The Morgan fingerprint density at radius 2 is 1.67 bits per heavy atom. The van der Waals surface area contributed by atoms with Crippen molar-refractivity contribution in [2.45, 2.75) is 4.90 Å². The second-order valence-corrected chi connectivity index (χ2v) is 2.42. The smallest absolute Gasteiger partial charge is 0.200 e. The van der Waals surface area contributed by atoms with Gasteiger partial charge >= 0.3 is 0 Å². The van der Waals surface area contributed by atoms with Crippen LogP contribution in [0.15, 0.2) is 4.90 Å². The summed E-state index contributed by atoms with van der Waals surface area (Å²) in [4.78, 5) is 7.40. The zero-order valence-corrected chi connectivity index (χ0v) is 6.50. The molecule has 0 amide bonds. The Bertz CT molecular complexity index is 208. The molecule has 1 aromatic rings. The zero-order valence-electron chi connectivity index (χ0n) is 4.10. The molecular weight excluding hydrogens is 179 g/mol. The van der Waals surface area contributed by atoms with Gasteiger partial charge in [-0.25, -0.2) is 9.97 Å². The second-order valence-electron chi connectivity index (χ2n) is 1.25. The summed E-state index contributed by atoms with van der Waals surface area (Å²) in [6, 6.07) is 0. The van der Waals surface area contributed by atoms with E-state index >= 15 is 0 Å². The standard InChI is InChI=1S/C4HCl2N2S/c5-3-2(9)4(6)8-1-7-3/h9H. The van der Waals surface area contributed by atoms with Crippen LogP contribution in [0, 0.1) is 6.33 Å². The van der Waals surface area contributed by atoms with E-state index in [0.29, 0.717) is 4.90 Å². The lowest BCUT2D eigenvalue weighted by Crippen LogP contribution is -1.82. The number of nitrogens with zero attached hydrogens (tertiary/aromatic N) is 2. The van der Waals surface area contributed by atoms with Crippen molar-refractivity contribution in [3.05, 3.63) is 16.6 Å². The quantitative estimate of drug-likeness (QED) is 0.487. The lowest BCUT2D eigenvalue weighted by Gasteiger charge is -1.92. The molecule has 1 aromatic heterocycles. The number of hydrogen-bond donors (Lipinski definition) is 1. The summed E-state index contributed by atoms with van der Waals surface area (Å²) in [6.07, 6.45) is 2.26. The van der Waals surface area contributed by atoms with Crippen LogP contribution in [0.3, 0.4) is 0 Å². The average molecular weight is 180 g/mol. The van der Waals surface area contributed by atoms with Crippen LogP contribution in [-0.4, -0.2) is 9.97 Å². The van der Waals surface area contributed by atoms with Gasteiger partial charge in [-0.2, -0.15) is 0 Å². The molecule has 0 N–H and O–H groups in total. The minimum Gasteiger partial charge on any atom is -0.212 e. The first-order valence-electron chi connectivity index (χ1n) is 2.00. The summed E-state index contributed by atoms with van der Waals surface area (Å²) in [5.74, 6) is 0. The molecule has 2 nitrogen and oxygen atoms in total. The Kier molecular flexibility index (Phi) is 2.16. The SMILES string of the molecule is Sc1c(Cl)n[c]nc1Cl. The van der Waals surface area contributed by atoms with Crippen LogP contribution in [-0.2, 0) is 0 Å². The van der Waals surface area contributed by atoms with Gasteiger partial charge in [-0.3, -0.25) is 0 Å². The number of aromatic nitrogens is 2. The molecule has 0 atom stereocenters. The van der Waals surface area contributed by atoms with Gasteiger partial charge in [0.25, 0.3) is 0 Å². The molecule has 47 valence electrons. The molecule has 1 rings (SSSR count). The van der Waals surface area contributed by atoms with Gasteiger partial charge in [-0.15, -0.1) is 12.6 Å². The Balaban J connectivity index is 3.25. The lowest BCUT2D eigenvalue weighted by molar-refractivity contribution is 1.09. The van der Waals surface area contributed by atoms with Gasteiger partial charge in [0, 0.05) is 0 Å². The molecule has 0 saturated heterocycles. The van der Waals surface area contributed by atoms with Crippen LogP contribution in [0.4, 0.5) is 0 Å². The van der Waals surface area contributed by atoms with Gasteiger partial charge in [-0.05, 0) is 0 Å². The Morgan fingerprint density at radius 1 is 1.22 bits per heavy atom. The predicted molar refractivity (Wildman–Crippen MR) is 38.1 cm³/mol. The van der Waals surface area contributed by atoms with Gasteiger partial charge in [0.15, 0.2) is 0 Å². The monoisotopic (exact) mass is 179 g/mol. The summed E-state index contributed by atoms with van der Waals surface area (Å²) >= 11 is 14.8. The Labute approximate surface area is 67.6 Å². The minimum atomic E-state index is 0.221. The van der Waals surface area contributed by atoms with Crippen molar-refractivity contribution in [1.82, 2.24) is 9.97 Å². The molecule has 0 aliphatic carbocycles. The van der Waals surface area contributed by atoms with E-state index in [4.69, 9.17) is 23.2 Å². The molecule has 0 unspecified atom stereocenters. The normalized spacial score (nSPS) is 9.67. The van der Waals surface area contributed by atoms with E-state index in [-0.39, 0.29) is 10.3 Å². The van der Waals surface area contributed by atoms with Crippen LogP contribution in [0.25, 0.3) is 0 Å². The van der Waals surface area contributed by atoms with Gasteiger partial charge in [0.1, 0.15) is 10.3 Å². The minimum absolute atomic E-state index is 0.221. The molecule has 0 fully saturated rings. The first-order chi connectivity index (χ1) is 4.22. The maximum atomic E-state index is 5.47. The average Bonchev–Trinajstić information content (AvgIpc) is 1.83. The molecule has 0 spiro atoms. The van der Waals surface area contributed by atoms with Crippen LogP contribution in [0.1, 0.15) is 0 Å². The van der Waals surface area contributed by atoms with Crippen LogP contribution in [0.2, 0.25) is 10.3 Å². The largest absolute Gasteiger partial charge is 0.212 e. The highest BCUT2D eigenvalue weighted by molar-refractivity contribution is 7.80. The molecule has 5 heteroatoms. The summed E-state index contributed by atoms with van der Waals surface area (Å²) < 4.78 is 0. The first-order valence-corrected chi connectivity index (χ1v) is 3.20. The highest BCUT2D eigenvalue weighted by Gasteiger charge is 2.01. The van der Waals surface area contributed by atoms with Crippen molar-refractivity contribution in [1.29, 1.82) is 0 Å². The van der Waals surface area contributed by atoms with E-state index in [1.54, 1.807) is 0 Å². The number of halogens is 2. The molecular formula is C4HCl2N2S. The number of rotatable bonds is 0. The highest BCUT2D eigenvalue weighted by Crippen LogP contribution is 2.22. The van der Waals surface area contributed by atoms with Gasteiger partial charge in [-0.1, -0.05) is 23.2 Å². The molecule has 1 radical (unpaired) electrons. The molecule has 0 aliphatic heterocycles. The highest BCUT2D eigenvalue weighted by atomic mass is 35.5. The molecule has 0 aliphatic rings. The van der Waals surface area contributed by atoms with Gasteiger partial charge in [0.2, 0.25) is 6.33 Å². The van der Waals surface area contributed by atoms with E-state index in [0.717, 1.165) is 0 Å². The fourth-order valence-corrected chi connectivity index (χ4v) is 0.707. The van der Waals surface area contributed by atoms with E-state index in [9.17, 15) is 0 Å². The predicted octanol–water partition coefficient (Wildman–Crippen LogP) is 1.87. The summed E-state index contributed by atoms with van der Waals surface area (Å²) in [5, 5.41) is 0.441. The van der Waals surface area contributed by atoms with Crippen LogP contribution < -0.4 is 0 Å². The molecule has 0 saturated carbocycles. The van der Waals surface area contributed by atoms with E-state index in [1.807, 2.05) is 0 Å². The molecule has 9 heavy (non-hydrogen) atoms. The van der Waals surface area contributed by atoms with Crippen molar-refractivity contribution in [2.24, 2.45) is 0 Å². The van der Waals surface area contributed by atoms with Crippen molar-refractivity contribution in [3.63, 3.8) is 0 Å². The third kappa shape index (κ3) is 1.47. The molecule has 0 bridgehead atoms. The Morgan fingerprint density at radius 3 is 2.00 bits per heavy atom. The number of thiol groups is 1. The van der Waals surface area contributed by atoms with Crippen LogP contribution >= 0.6 is 35.8 Å². The lowest BCUT2D eigenvalue weighted by atomic mass is 10.7. The summed E-state index contributed by atoms with van der Waals surface area (Å²) in [6.45, 7) is 0. The maximum absolute atomic E-state index is 5.47. The maximum Gasteiger partial charge on any atom is 0.200 e. The zero-order chi connectivity index (χ0) is 6.85. The van der Waals surface area contributed by atoms with Crippen molar-refractivity contribution >= 4 is 35.8 Å². The molecule has 0 aromatic carbocycles. The van der Waals surface area contributed by atoms with Crippen LogP contribution in [0.5, 0.6) is 0 Å². The van der Waals surface area contributed by atoms with Gasteiger partial charge in [0.05, 0.1) is 4.90 Å². The Hall–Kier alpha value is 0.01000. The van der Waals surface area contributed by atoms with Crippen molar-refractivity contribution < 1.29 is 0 Å². The van der Waals surface area contributed by atoms with Crippen molar-refractivity contribution in [3.8, 4) is 0 Å². The fraction of sp³-hybridized carbons (Fsp3) is 0. The van der Waals surface area contributed by atoms with Crippen molar-refractivity contribution in [2.75, 3.05) is 0 Å². The third-order valence-electron chi connectivity index (χ3n) is 0.687. The van der Waals surface area contributed by atoms with Gasteiger partial charge < -0.3 is 0 Å². The topological polar surface area (TPSA) is 25.8 Å². The fourth-order valence-electron chi connectivity index (χ4n) is 0.304. The summed E-state index contributed by atoms with van der Waals surface area (Å²) in [5.41, 5.74) is 0. The van der Waals surface area contributed by atoms with E-state index in [1.165, 1.54) is 0 Å². The molecule has 1 heterocycles. The summed E-state index contributed by atoms with van der Waals surface area (Å²) in [7, 11) is 0. The van der Waals surface area contributed by atoms with E-state index < -0.39 is 0 Å². The number of hydrogen-bond acceptors (Lipinski definition) is 3. The first kappa shape index (κ1) is 7.12.